The SMILES string of the molecule is c1ccc2c(c1)-c1cc3ccccc3cc1N(c1ccc(-c3cccc4c3oc3ccccc34)cc1)c1cc3ccccc3n1-2. The van der Waals surface area contributed by atoms with Gasteiger partial charge in [0.1, 0.15) is 17.0 Å². The molecule has 1 aliphatic heterocycles. The molecule has 0 aliphatic carbocycles. The standard InChI is InChI=1S/C42H26N2O/c1-2-11-29-25-39-36(24-28(29)10-1)33-13-4-7-18-38(33)44-37-17-6-3-12-30(37)26-41(44)43(39)31-22-20-27(21-23-31)32-15-9-16-35-34-14-5-8-19-40(34)45-42(32)35/h1-26H. The van der Waals surface area contributed by atoms with Crippen LogP contribution in [0.1, 0.15) is 0 Å². The predicted molar refractivity (Wildman–Crippen MR) is 187 cm³/mol. The Hall–Kier alpha value is -6.06. The van der Waals surface area contributed by atoms with Crippen molar-refractivity contribution in [1.82, 2.24) is 4.57 Å². The van der Waals surface area contributed by atoms with Crippen LogP contribution in [-0.2, 0) is 0 Å². The Labute approximate surface area is 259 Å². The van der Waals surface area contributed by atoms with Gasteiger partial charge in [-0.2, -0.15) is 0 Å². The molecule has 9 aromatic rings. The van der Waals surface area contributed by atoms with Gasteiger partial charge in [-0.25, -0.2) is 0 Å². The summed E-state index contributed by atoms with van der Waals surface area (Å²) in [7, 11) is 0. The van der Waals surface area contributed by atoms with Crippen molar-refractivity contribution in [3.8, 4) is 27.9 Å². The van der Waals surface area contributed by atoms with Crippen LogP contribution in [0.2, 0.25) is 0 Å². The molecular weight excluding hydrogens is 548 g/mol. The molecule has 3 heterocycles. The Morgan fingerprint density at radius 3 is 2.02 bits per heavy atom. The molecule has 7 aromatic carbocycles. The second-order valence-electron chi connectivity index (χ2n) is 11.8. The fourth-order valence-corrected chi connectivity index (χ4v) is 7.24. The number of para-hydroxylation sites is 4. The molecule has 0 fully saturated rings. The number of furan rings is 1. The van der Waals surface area contributed by atoms with Gasteiger partial charge in [0.25, 0.3) is 0 Å². The zero-order valence-corrected chi connectivity index (χ0v) is 24.3. The van der Waals surface area contributed by atoms with Crippen molar-refractivity contribution < 1.29 is 4.42 Å². The Morgan fingerprint density at radius 1 is 0.444 bits per heavy atom. The third kappa shape index (κ3) is 3.52. The summed E-state index contributed by atoms with van der Waals surface area (Å²) in [6.07, 6.45) is 0. The first-order valence-corrected chi connectivity index (χ1v) is 15.4. The molecule has 1 aliphatic rings. The van der Waals surface area contributed by atoms with Crippen molar-refractivity contribution in [2.45, 2.75) is 0 Å². The van der Waals surface area contributed by atoms with Crippen molar-refractivity contribution in [2.75, 3.05) is 4.90 Å². The molecule has 210 valence electrons. The van der Waals surface area contributed by atoms with E-state index in [4.69, 9.17) is 4.42 Å². The van der Waals surface area contributed by atoms with Crippen molar-refractivity contribution >= 4 is 60.8 Å². The molecule has 0 saturated carbocycles. The Balaban J connectivity index is 1.23. The highest BCUT2D eigenvalue weighted by Crippen LogP contribution is 2.50. The van der Waals surface area contributed by atoms with Crippen LogP contribution >= 0.6 is 0 Å². The number of fused-ring (bicyclic) bond motifs is 11. The van der Waals surface area contributed by atoms with Crippen LogP contribution in [0.4, 0.5) is 17.2 Å². The van der Waals surface area contributed by atoms with Crippen LogP contribution in [0.25, 0.3) is 71.6 Å². The molecule has 0 atom stereocenters. The molecule has 0 amide bonds. The molecule has 0 radical (unpaired) electrons. The topological polar surface area (TPSA) is 21.3 Å². The molecule has 0 bridgehead atoms. The first kappa shape index (κ1) is 24.4. The molecule has 10 rings (SSSR count). The fourth-order valence-electron chi connectivity index (χ4n) is 7.24. The lowest BCUT2D eigenvalue weighted by Gasteiger charge is -2.26. The smallest absolute Gasteiger partial charge is 0.143 e. The summed E-state index contributed by atoms with van der Waals surface area (Å²) in [5.74, 6) is 1.12. The van der Waals surface area contributed by atoms with Gasteiger partial charge in [-0.3, -0.25) is 9.47 Å². The van der Waals surface area contributed by atoms with Gasteiger partial charge >= 0.3 is 0 Å². The monoisotopic (exact) mass is 574 g/mol. The third-order valence-corrected chi connectivity index (χ3v) is 9.30. The maximum absolute atomic E-state index is 6.39. The normalized spacial score (nSPS) is 12.4. The lowest BCUT2D eigenvalue weighted by atomic mass is 9.97. The van der Waals surface area contributed by atoms with E-state index < -0.39 is 0 Å². The number of aromatic nitrogens is 1. The van der Waals surface area contributed by atoms with E-state index in [2.05, 4.69) is 155 Å². The molecule has 0 N–H and O–H groups in total. The lowest BCUT2D eigenvalue weighted by Crippen LogP contribution is -2.13. The van der Waals surface area contributed by atoms with Crippen LogP contribution in [0, 0.1) is 0 Å². The second-order valence-corrected chi connectivity index (χ2v) is 11.8. The summed E-state index contributed by atoms with van der Waals surface area (Å²) in [5.41, 5.74) is 11.1. The van der Waals surface area contributed by atoms with Gasteiger partial charge in [-0.1, -0.05) is 109 Å². The average molecular weight is 575 g/mol. The molecule has 0 saturated heterocycles. The predicted octanol–water partition coefficient (Wildman–Crippen LogP) is 11.8. The molecule has 0 unspecified atom stereocenters. The van der Waals surface area contributed by atoms with Gasteiger partial charge in [0.15, 0.2) is 0 Å². The fraction of sp³-hybridized carbons (Fsp3) is 0. The second kappa shape index (κ2) is 9.22. The van der Waals surface area contributed by atoms with Gasteiger partial charge in [0, 0.05) is 38.5 Å². The summed E-state index contributed by atoms with van der Waals surface area (Å²) in [6.45, 7) is 0. The third-order valence-electron chi connectivity index (χ3n) is 9.30. The zero-order chi connectivity index (χ0) is 29.5. The number of nitrogens with zero attached hydrogens (tertiary/aromatic N) is 2. The number of hydrogen-bond acceptors (Lipinski definition) is 2. The summed E-state index contributed by atoms with van der Waals surface area (Å²) < 4.78 is 8.81. The van der Waals surface area contributed by atoms with Gasteiger partial charge in [-0.15, -0.1) is 0 Å². The Bertz CT molecular complexity index is 2600. The molecule has 45 heavy (non-hydrogen) atoms. The Morgan fingerprint density at radius 2 is 1.13 bits per heavy atom. The van der Waals surface area contributed by atoms with Gasteiger partial charge in [0.05, 0.1) is 16.9 Å². The maximum Gasteiger partial charge on any atom is 0.143 e. The highest BCUT2D eigenvalue weighted by Gasteiger charge is 2.28. The van der Waals surface area contributed by atoms with E-state index in [-0.39, 0.29) is 0 Å². The summed E-state index contributed by atoms with van der Waals surface area (Å²) in [6, 6.07) is 56.7. The summed E-state index contributed by atoms with van der Waals surface area (Å²) >= 11 is 0. The number of hydrogen-bond donors (Lipinski definition) is 0. The number of anilines is 3. The molecule has 2 aromatic heterocycles. The van der Waals surface area contributed by atoms with Crippen molar-refractivity contribution in [3.05, 3.63) is 158 Å². The van der Waals surface area contributed by atoms with E-state index in [0.717, 1.165) is 50.3 Å². The molecular formula is C42H26N2O. The zero-order valence-electron chi connectivity index (χ0n) is 24.3. The minimum absolute atomic E-state index is 0.914. The van der Waals surface area contributed by atoms with Crippen molar-refractivity contribution in [3.63, 3.8) is 0 Å². The van der Waals surface area contributed by atoms with E-state index in [1.807, 2.05) is 12.1 Å². The van der Waals surface area contributed by atoms with Crippen molar-refractivity contribution in [1.29, 1.82) is 0 Å². The van der Waals surface area contributed by atoms with E-state index >= 15 is 0 Å². The van der Waals surface area contributed by atoms with E-state index in [9.17, 15) is 0 Å². The summed E-state index contributed by atoms with van der Waals surface area (Å²) in [5, 5.41) is 5.95. The van der Waals surface area contributed by atoms with Crippen LogP contribution in [0.3, 0.4) is 0 Å². The Kier molecular flexibility index (Phi) is 5.00. The van der Waals surface area contributed by atoms with Crippen LogP contribution in [0.5, 0.6) is 0 Å². The number of rotatable bonds is 2. The van der Waals surface area contributed by atoms with Gasteiger partial charge in [-0.05, 0) is 64.9 Å². The molecule has 0 spiro atoms. The van der Waals surface area contributed by atoms with E-state index in [0.29, 0.717) is 0 Å². The highest BCUT2D eigenvalue weighted by atomic mass is 16.3. The minimum atomic E-state index is 0.914. The summed E-state index contributed by atoms with van der Waals surface area (Å²) in [4.78, 5) is 2.42. The van der Waals surface area contributed by atoms with Crippen molar-refractivity contribution in [2.24, 2.45) is 0 Å². The van der Waals surface area contributed by atoms with Crippen LogP contribution in [-0.4, -0.2) is 4.57 Å². The van der Waals surface area contributed by atoms with Gasteiger partial charge in [0.2, 0.25) is 0 Å². The largest absolute Gasteiger partial charge is 0.455 e. The van der Waals surface area contributed by atoms with E-state index in [1.165, 1.54) is 38.5 Å². The lowest BCUT2D eigenvalue weighted by molar-refractivity contribution is 0.670. The molecule has 3 nitrogen and oxygen atoms in total. The van der Waals surface area contributed by atoms with Gasteiger partial charge < -0.3 is 4.42 Å². The maximum atomic E-state index is 6.39. The average Bonchev–Trinajstić information content (AvgIpc) is 3.64. The quantitative estimate of drug-likeness (QED) is 0.205. The molecule has 3 heteroatoms. The first-order valence-electron chi connectivity index (χ1n) is 15.4. The van der Waals surface area contributed by atoms with E-state index in [1.54, 1.807) is 0 Å². The number of benzene rings is 7. The van der Waals surface area contributed by atoms with Crippen LogP contribution in [0.15, 0.2) is 162 Å². The highest BCUT2D eigenvalue weighted by molar-refractivity contribution is 6.10. The minimum Gasteiger partial charge on any atom is -0.455 e. The first-order chi connectivity index (χ1) is 22.3. The van der Waals surface area contributed by atoms with Crippen LogP contribution < -0.4 is 4.90 Å².